The Morgan fingerprint density at radius 2 is 2.22 bits per heavy atom. The lowest BCUT2D eigenvalue weighted by molar-refractivity contribution is 0.109. The van der Waals surface area contributed by atoms with Gasteiger partial charge in [0.25, 0.3) is 0 Å². The van der Waals surface area contributed by atoms with E-state index in [1.54, 1.807) is 0 Å². The van der Waals surface area contributed by atoms with Crippen LogP contribution in [0.5, 0.6) is 0 Å². The lowest BCUT2D eigenvalue weighted by Gasteiger charge is -2.39. The summed E-state index contributed by atoms with van der Waals surface area (Å²) in [5.74, 6) is 0.930. The summed E-state index contributed by atoms with van der Waals surface area (Å²) in [4.78, 5) is 2.66. The number of hydrogen-bond acceptors (Lipinski definition) is 3. The minimum absolute atomic E-state index is 0.606. The highest BCUT2D eigenvalue weighted by Gasteiger charge is 2.38. The van der Waals surface area contributed by atoms with Crippen molar-refractivity contribution in [1.29, 1.82) is 0 Å². The third kappa shape index (κ3) is 2.45. The first-order valence-electron chi connectivity index (χ1n) is 7.10. The number of nitrogens with zero attached hydrogens (tertiary/aromatic N) is 3. The minimum Gasteiger partial charge on any atom is -0.311 e. The molecule has 1 saturated heterocycles. The molecule has 1 aromatic heterocycles. The van der Waals surface area contributed by atoms with Gasteiger partial charge in [0, 0.05) is 38.8 Å². The largest absolute Gasteiger partial charge is 0.311 e. The second-order valence-corrected chi connectivity index (χ2v) is 6.04. The first-order chi connectivity index (χ1) is 8.63. The molecule has 0 spiro atoms. The van der Waals surface area contributed by atoms with Gasteiger partial charge in [-0.2, -0.15) is 5.10 Å². The fourth-order valence-corrected chi connectivity index (χ4v) is 3.15. The zero-order valence-electron chi connectivity index (χ0n) is 11.7. The Balaban J connectivity index is 1.73. The van der Waals surface area contributed by atoms with Crippen LogP contribution < -0.4 is 5.32 Å². The number of nitrogens with one attached hydrogen (secondary N) is 1. The standard InChI is InChI=1S/C14H24N4/c1-10-6-13(17(3)16-10)9-18-8-11(2)15-7-14(18)12-4-5-12/h6,11-12,14-15H,4-5,7-9H2,1-3H3. The maximum Gasteiger partial charge on any atom is 0.0597 e. The number of piperazine rings is 1. The fourth-order valence-electron chi connectivity index (χ4n) is 3.15. The Kier molecular flexibility index (Phi) is 3.16. The quantitative estimate of drug-likeness (QED) is 0.875. The normalized spacial score (nSPS) is 29.7. The molecule has 0 bridgehead atoms. The Bertz CT molecular complexity index is 421. The molecule has 3 rings (SSSR count). The molecule has 0 amide bonds. The molecule has 2 unspecified atom stereocenters. The van der Waals surface area contributed by atoms with Gasteiger partial charge in [-0.25, -0.2) is 0 Å². The van der Waals surface area contributed by atoms with Crippen LogP contribution in [0.25, 0.3) is 0 Å². The predicted molar refractivity (Wildman–Crippen MR) is 72.3 cm³/mol. The van der Waals surface area contributed by atoms with Crippen molar-refractivity contribution >= 4 is 0 Å². The molecule has 2 aliphatic rings. The molecule has 18 heavy (non-hydrogen) atoms. The fraction of sp³-hybridized carbons (Fsp3) is 0.786. The van der Waals surface area contributed by atoms with E-state index in [1.807, 2.05) is 4.68 Å². The van der Waals surface area contributed by atoms with Crippen LogP contribution >= 0.6 is 0 Å². The molecule has 2 atom stereocenters. The van der Waals surface area contributed by atoms with Gasteiger partial charge in [-0.3, -0.25) is 9.58 Å². The average Bonchev–Trinajstić information content (AvgIpc) is 3.07. The molecule has 1 N–H and O–H groups in total. The summed E-state index contributed by atoms with van der Waals surface area (Å²) in [5.41, 5.74) is 2.46. The Labute approximate surface area is 109 Å². The van der Waals surface area contributed by atoms with Crippen molar-refractivity contribution in [2.24, 2.45) is 13.0 Å². The van der Waals surface area contributed by atoms with Crippen LogP contribution in [0.15, 0.2) is 6.07 Å². The summed E-state index contributed by atoms with van der Waals surface area (Å²) < 4.78 is 2.03. The number of aryl methyl sites for hydroxylation is 2. The number of hydrogen-bond donors (Lipinski definition) is 1. The van der Waals surface area contributed by atoms with Gasteiger partial charge in [0.2, 0.25) is 0 Å². The van der Waals surface area contributed by atoms with Crippen molar-refractivity contribution in [3.63, 3.8) is 0 Å². The zero-order chi connectivity index (χ0) is 12.7. The third-order valence-electron chi connectivity index (χ3n) is 4.28. The SMILES string of the molecule is Cc1cc(CN2CC(C)NCC2C2CC2)n(C)n1. The van der Waals surface area contributed by atoms with Crippen LogP contribution in [0.4, 0.5) is 0 Å². The summed E-state index contributed by atoms with van der Waals surface area (Å²) in [5, 5.41) is 8.08. The lowest BCUT2D eigenvalue weighted by atomic mass is 10.1. The van der Waals surface area contributed by atoms with Gasteiger partial charge in [0.1, 0.15) is 0 Å². The molecule has 1 aliphatic carbocycles. The van der Waals surface area contributed by atoms with E-state index in [2.05, 4.69) is 42.3 Å². The smallest absolute Gasteiger partial charge is 0.0597 e. The van der Waals surface area contributed by atoms with E-state index >= 15 is 0 Å². The van der Waals surface area contributed by atoms with Crippen molar-refractivity contribution < 1.29 is 0 Å². The van der Waals surface area contributed by atoms with Gasteiger partial charge in [-0.05, 0) is 38.7 Å². The highest BCUT2D eigenvalue weighted by molar-refractivity contribution is 5.09. The number of aromatic nitrogens is 2. The van der Waals surface area contributed by atoms with Crippen molar-refractivity contribution in [3.8, 4) is 0 Å². The molecular weight excluding hydrogens is 224 g/mol. The van der Waals surface area contributed by atoms with Gasteiger partial charge in [0.05, 0.1) is 11.4 Å². The van der Waals surface area contributed by atoms with E-state index in [0.29, 0.717) is 6.04 Å². The minimum atomic E-state index is 0.606. The molecular formula is C14H24N4. The first kappa shape index (κ1) is 12.2. The summed E-state index contributed by atoms with van der Waals surface area (Å²) in [6.45, 7) is 7.71. The molecule has 0 aromatic carbocycles. The maximum atomic E-state index is 4.46. The van der Waals surface area contributed by atoms with Crippen LogP contribution in [0.2, 0.25) is 0 Å². The lowest BCUT2D eigenvalue weighted by Crippen LogP contribution is -2.55. The molecule has 4 heteroatoms. The second kappa shape index (κ2) is 4.67. The summed E-state index contributed by atoms with van der Waals surface area (Å²) in [7, 11) is 2.06. The van der Waals surface area contributed by atoms with Crippen molar-refractivity contribution in [1.82, 2.24) is 20.0 Å². The Hall–Kier alpha value is -0.870. The zero-order valence-corrected chi connectivity index (χ0v) is 11.7. The highest BCUT2D eigenvalue weighted by atomic mass is 15.3. The third-order valence-corrected chi connectivity index (χ3v) is 4.28. The summed E-state index contributed by atoms with van der Waals surface area (Å²) in [6.07, 6.45) is 2.84. The van der Waals surface area contributed by atoms with E-state index in [1.165, 1.54) is 18.5 Å². The van der Waals surface area contributed by atoms with Gasteiger partial charge < -0.3 is 5.32 Å². The van der Waals surface area contributed by atoms with Crippen LogP contribution in [0.1, 0.15) is 31.2 Å². The molecule has 2 fully saturated rings. The molecule has 1 aromatic rings. The van der Waals surface area contributed by atoms with Gasteiger partial charge >= 0.3 is 0 Å². The van der Waals surface area contributed by atoms with Crippen LogP contribution in [-0.4, -0.2) is 39.9 Å². The molecule has 1 saturated carbocycles. The van der Waals surface area contributed by atoms with Gasteiger partial charge in [-0.1, -0.05) is 0 Å². The van der Waals surface area contributed by atoms with E-state index in [9.17, 15) is 0 Å². The van der Waals surface area contributed by atoms with Crippen molar-refractivity contribution in [2.45, 2.75) is 45.3 Å². The predicted octanol–water partition coefficient (Wildman–Crippen LogP) is 1.30. The molecule has 0 radical (unpaired) electrons. The van der Waals surface area contributed by atoms with E-state index in [4.69, 9.17) is 0 Å². The summed E-state index contributed by atoms with van der Waals surface area (Å²) >= 11 is 0. The monoisotopic (exact) mass is 248 g/mol. The maximum absolute atomic E-state index is 4.46. The first-order valence-corrected chi connectivity index (χ1v) is 7.10. The molecule has 100 valence electrons. The second-order valence-electron chi connectivity index (χ2n) is 6.04. The topological polar surface area (TPSA) is 33.1 Å². The van der Waals surface area contributed by atoms with E-state index in [0.717, 1.165) is 37.3 Å². The Morgan fingerprint density at radius 3 is 2.83 bits per heavy atom. The van der Waals surface area contributed by atoms with Crippen LogP contribution in [0.3, 0.4) is 0 Å². The van der Waals surface area contributed by atoms with Gasteiger partial charge in [0.15, 0.2) is 0 Å². The van der Waals surface area contributed by atoms with Gasteiger partial charge in [-0.15, -0.1) is 0 Å². The van der Waals surface area contributed by atoms with E-state index < -0.39 is 0 Å². The van der Waals surface area contributed by atoms with E-state index in [-0.39, 0.29) is 0 Å². The Morgan fingerprint density at radius 1 is 1.44 bits per heavy atom. The van der Waals surface area contributed by atoms with Crippen molar-refractivity contribution in [2.75, 3.05) is 13.1 Å². The van der Waals surface area contributed by atoms with Crippen molar-refractivity contribution in [3.05, 3.63) is 17.5 Å². The highest BCUT2D eigenvalue weighted by Crippen LogP contribution is 2.36. The molecule has 2 heterocycles. The number of rotatable bonds is 3. The van der Waals surface area contributed by atoms with Crippen LogP contribution in [0, 0.1) is 12.8 Å². The van der Waals surface area contributed by atoms with Crippen LogP contribution in [-0.2, 0) is 13.6 Å². The molecule has 4 nitrogen and oxygen atoms in total. The summed E-state index contributed by atoms with van der Waals surface area (Å²) in [6, 6.07) is 3.56. The average molecular weight is 248 g/mol. The molecule has 1 aliphatic heterocycles.